The van der Waals surface area contributed by atoms with Gasteiger partial charge in [-0.25, -0.2) is 4.79 Å². The number of carbonyl (C=O) groups is 1. The smallest absolute Gasteiger partial charge is 0.315 e. The van der Waals surface area contributed by atoms with Gasteiger partial charge in [-0.3, -0.25) is 5.10 Å². The first-order chi connectivity index (χ1) is 15.2. The van der Waals surface area contributed by atoms with E-state index in [9.17, 15) is 4.79 Å². The Morgan fingerprint density at radius 2 is 2.00 bits per heavy atom. The van der Waals surface area contributed by atoms with Crippen LogP contribution in [0.15, 0.2) is 41.8 Å². The number of amides is 2. The highest BCUT2D eigenvalue weighted by molar-refractivity contribution is 7.13. The zero-order valence-corrected chi connectivity index (χ0v) is 18.5. The Balaban J connectivity index is 1.23. The van der Waals surface area contributed by atoms with Crippen LogP contribution in [0.1, 0.15) is 18.4 Å². The summed E-state index contributed by atoms with van der Waals surface area (Å²) >= 11 is 1.69. The van der Waals surface area contributed by atoms with Crippen molar-refractivity contribution in [1.82, 2.24) is 20.8 Å². The van der Waals surface area contributed by atoms with Crippen molar-refractivity contribution in [3.63, 3.8) is 0 Å². The molecule has 0 radical (unpaired) electrons. The minimum absolute atomic E-state index is 0.150. The minimum atomic E-state index is -0.159. The Hall–Kier alpha value is -3.20. The molecule has 2 amide bonds. The molecule has 0 atom stereocenters. The Kier molecular flexibility index (Phi) is 6.61. The Labute approximate surface area is 185 Å². The summed E-state index contributed by atoms with van der Waals surface area (Å²) in [7, 11) is 3.20. The Morgan fingerprint density at radius 1 is 1.19 bits per heavy atom. The second kappa shape index (κ2) is 9.74. The molecule has 0 aliphatic carbocycles. The summed E-state index contributed by atoms with van der Waals surface area (Å²) in [6.07, 6.45) is 1.76. The molecule has 1 fully saturated rings. The molecule has 1 aliphatic rings. The van der Waals surface area contributed by atoms with E-state index in [0.717, 1.165) is 43.0 Å². The number of anilines is 1. The second-order valence-electron chi connectivity index (χ2n) is 7.39. The molecular formula is C22H27N5O3S. The molecule has 164 valence electrons. The van der Waals surface area contributed by atoms with Crippen LogP contribution in [0.4, 0.5) is 10.6 Å². The monoisotopic (exact) mass is 441 g/mol. The maximum atomic E-state index is 12.3. The van der Waals surface area contributed by atoms with Crippen LogP contribution >= 0.6 is 11.3 Å². The van der Waals surface area contributed by atoms with Crippen molar-refractivity contribution >= 4 is 23.2 Å². The van der Waals surface area contributed by atoms with E-state index in [1.807, 2.05) is 24.3 Å². The SMILES string of the molecule is COc1ccc(CNC(=O)NC2CCN(c3cc(-c4cccs4)[nH]n3)CC2)cc1OC. The molecule has 0 bridgehead atoms. The molecular weight excluding hydrogens is 414 g/mol. The summed E-state index contributed by atoms with van der Waals surface area (Å²) < 4.78 is 10.6. The first kappa shape index (κ1) is 21.0. The van der Waals surface area contributed by atoms with Gasteiger partial charge in [0.05, 0.1) is 24.8 Å². The van der Waals surface area contributed by atoms with Gasteiger partial charge in [0.2, 0.25) is 0 Å². The van der Waals surface area contributed by atoms with Crippen molar-refractivity contribution < 1.29 is 14.3 Å². The van der Waals surface area contributed by atoms with Gasteiger partial charge >= 0.3 is 6.03 Å². The predicted octanol–water partition coefficient (Wildman–Crippen LogP) is 3.62. The molecule has 1 saturated heterocycles. The summed E-state index contributed by atoms with van der Waals surface area (Å²) in [5.41, 5.74) is 1.99. The van der Waals surface area contributed by atoms with E-state index in [4.69, 9.17) is 9.47 Å². The minimum Gasteiger partial charge on any atom is -0.493 e. The Bertz CT molecular complexity index is 997. The number of urea groups is 1. The first-order valence-electron chi connectivity index (χ1n) is 10.3. The number of methoxy groups -OCH3 is 2. The van der Waals surface area contributed by atoms with Crippen molar-refractivity contribution in [2.24, 2.45) is 0 Å². The van der Waals surface area contributed by atoms with Gasteiger partial charge in [-0.2, -0.15) is 5.10 Å². The largest absolute Gasteiger partial charge is 0.493 e. The molecule has 8 nitrogen and oxygen atoms in total. The number of thiophene rings is 1. The van der Waals surface area contributed by atoms with Crippen LogP contribution < -0.4 is 25.0 Å². The third kappa shape index (κ3) is 5.11. The average molecular weight is 442 g/mol. The lowest BCUT2D eigenvalue weighted by atomic mass is 10.1. The van der Waals surface area contributed by atoms with E-state index < -0.39 is 0 Å². The molecule has 31 heavy (non-hydrogen) atoms. The van der Waals surface area contributed by atoms with Crippen molar-refractivity contribution in [1.29, 1.82) is 0 Å². The number of aromatic amines is 1. The average Bonchev–Trinajstić information content (AvgIpc) is 3.50. The molecule has 1 aliphatic heterocycles. The summed E-state index contributed by atoms with van der Waals surface area (Å²) in [6.45, 7) is 2.13. The molecule has 2 aromatic heterocycles. The first-order valence-corrected chi connectivity index (χ1v) is 11.1. The molecule has 0 unspecified atom stereocenters. The van der Waals surface area contributed by atoms with Gasteiger partial charge < -0.3 is 25.0 Å². The highest BCUT2D eigenvalue weighted by atomic mass is 32.1. The summed E-state index contributed by atoms with van der Waals surface area (Å²) in [5, 5.41) is 15.6. The number of hydrogen-bond donors (Lipinski definition) is 3. The van der Waals surface area contributed by atoms with E-state index in [0.29, 0.717) is 18.0 Å². The predicted molar refractivity (Wildman–Crippen MR) is 122 cm³/mol. The maximum Gasteiger partial charge on any atom is 0.315 e. The molecule has 0 saturated carbocycles. The normalized spacial score (nSPS) is 14.3. The fraction of sp³-hybridized carbons (Fsp3) is 0.364. The fourth-order valence-corrected chi connectivity index (χ4v) is 4.39. The Morgan fingerprint density at radius 3 is 2.71 bits per heavy atom. The number of carbonyl (C=O) groups excluding carboxylic acids is 1. The molecule has 0 spiro atoms. The van der Waals surface area contributed by atoms with Gasteiger partial charge in [-0.15, -0.1) is 11.3 Å². The second-order valence-corrected chi connectivity index (χ2v) is 8.34. The van der Waals surface area contributed by atoms with Crippen LogP contribution in [-0.4, -0.2) is 49.6 Å². The number of ether oxygens (including phenoxy) is 2. The van der Waals surface area contributed by atoms with Crippen molar-refractivity contribution in [3.8, 4) is 22.1 Å². The molecule has 4 rings (SSSR count). The van der Waals surface area contributed by atoms with Gasteiger partial charge in [0.25, 0.3) is 0 Å². The highest BCUT2D eigenvalue weighted by Gasteiger charge is 2.22. The van der Waals surface area contributed by atoms with Crippen LogP contribution in [0.5, 0.6) is 11.5 Å². The van der Waals surface area contributed by atoms with E-state index in [2.05, 4.69) is 43.2 Å². The molecule has 3 heterocycles. The van der Waals surface area contributed by atoms with E-state index in [1.54, 1.807) is 25.6 Å². The molecule has 1 aromatic carbocycles. The van der Waals surface area contributed by atoms with Crippen molar-refractivity contribution in [3.05, 3.63) is 47.3 Å². The maximum absolute atomic E-state index is 12.3. The summed E-state index contributed by atoms with van der Waals surface area (Å²) in [5.74, 6) is 2.27. The number of benzene rings is 1. The van der Waals surface area contributed by atoms with Crippen molar-refractivity contribution in [2.75, 3.05) is 32.2 Å². The van der Waals surface area contributed by atoms with Crippen LogP contribution in [-0.2, 0) is 6.54 Å². The number of hydrogen-bond acceptors (Lipinski definition) is 6. The quantitative estimate of drug-likeness (QED) is 0.521. The van der Waals surface area contributed by atoms with Crippen molar-refractivity contribution in [2.45, 2.75) is 25.4 Å². The van der Waals surface area contributed by atoms with Crippen LogP contribution in [0, 0.1) is 0 Å². The number of rotatable bonds is 7. The number of piperidine rings is 1. The van der Waals surface area contributed by atoms with Gasteiger partial charge in [-0.1, -0.05) is 12.1 Å². The topological polar surface area (TPSA) is 91.5 Å². The fourth-order valence-electron chi connectivity index (χ4n) is 3.69. The zero-order chi connectivity index (χ0) is 21.6. The standard InChI is InChI=1S/C22H27N5O3S/c1-29-18-6-5-15(12-19(18)30-2)14-23-22(28)24-16-7-9-27(10-8-16)21-13-17(25-26-21)20-4-3-11-31-20/h3-6,11-13,16H,7-10,14H2,1-2H3,(H,25,26)(H2,23,24,28). The zero-order valence-electron chi connectivity index (χ0n) is 17.7. The van der Waals surface area contributed by atoms with Gasteiger partial charge in [0.15, 0.2) is 17.3 Å². The molecule has 9 heteroatoms. The number of nitrogens with one attached hydrogen (secondary N) is 3. The number of aromatic nitrogens is 2. The third-order valence-electron chi connectivity index (χ3n) is 5.41. The van der Waals surface area contributed by atoms with E-state index in [1.165, 1.54) is 4.88 Å². The summed E-state index contributed by atoms with van der Waals surface area (Å²) in [6, 6.07) is 11.8. The lowest BCUT2D eigenvalue weighted by Gasteiger charge is -2.32. The van der Waals surface area contributed by atoms with Gasteiger partial charge in [0.1, 0.15) is 0 Å². The van der Waals surface area contributed by atoms with Gasteiger partial charge in [-0.05, 0) is 42.0 Å². The molecule has 3 aromatic rings. The van der Waals surface area contributed by atoms with Gasteiger partial charge in [0, 0.05) is 31.7 Å². The van der Waals surface area contributed by atoms with Crippen LogP contribution in [0.2, 0.25) is 0 Å². The third-order valence-corrected chi connectivity index (χ3v) is 6.31. The van der Waals surface area contributed by atoms with E-state index in [-0.39, 0.29) is 12.1 Å². The number of nitrogens with zero attached hydrogens (tertiary/aromatic N) is 2. The molecule has 3 N–H and O–H groups in total. The number of H-pyrrole nitrogens is 1. The lowest BCUT2D eigenvalue weighted by Crippen LogP contribution is -2.47. The highest BCUT2D eigenvalue weighted by Crippen LogP contribution is 2.28. The lowest BCUT2D eigenvalue weighted by molar-refractivity contribution is 0.234. The van der Waals surface area contributed by atoms with Crippen LogP contribution in [0.25, 0.3) is 10.6 Å². The van der Waals surface area contributed by atoms with E-state index >= 15 is 0 Å². The van der Waals surface area contributed by atoms with Crippen LogP contribution in [0.3, 0.4) is 0 Å². The summed E-state index contributed by atoms with van der Waals surface area (Å²) in [4.78, 5) is 15.8.